The molecule has 2 heterocycles. The zero-order valence-electron chi connectivity index (χ0n) is 16.0. The topological polar surface area (TPSA) is 121 Å². The first-order valence-corrected chi connectivity index (χ1v) is 10.1. The highest BCUT2D eigenvalue weighted by atomic mass is 35.5. The van der Waals surface area contributed by atoms with Crippen LogP contribution in [0.5, 0.6) is 0 Å². The summed E-state index contributed by atoms with van der Waals surface area (Å²) in [7, 11) is 0. The van der Waals surface area contributed by atoms with Gasteiger partial charge >= 0.3 is 5.97 Å². The van der Waals surface area contributed by atoms with Crippen LogP contribution in [0.2, 0.25) is 15.2 Å². The third-order valence-electron chi connectivity index (χ3n) is 4.17. The van der Waals surface area contributed by atoms with Gasteiger partial charge in [0, 0.05) is 30.6 Å². The number of nitrogens with zero attached hydrogens (tertiary/aromatic N) is 2. The lowest BCUT2D eigenvalue weighted by molar-refractivity contribution is -0.139. The molecule has 11 heteroatoms. The molecule has 32 heavy (non-hydrogen) atoms. The predicted octanol–water partition coefficient (Wildman–Crippen LogP) is 3.72. The molecule has 0 saturated carbocycles. The van der Waals surface area contributed by atoms with E-state index in [0.29, 0.717) is 5.56 Å². The van der Waals surface area contributed by atoms with Crippen molar-refractivity contribution >= 4 is 58.3 Å². The van der Waals surface area contributed by atoms with Gasteiger partial charge in [-0.3, -0.25) is 14.6 Å². The van der Waals surface area contributed by atoms with Crippen molar-refractivity contribution in [3.05, 3.63) is 86.9 Å². The number of carbonyl (C=O) groups excluding carboxylic acids is 2. The molecule has 0 spiro atoms. The van der Waals surface area contributed by atoms with Crippen molar-refractivity contribution in [2.75, 3.05) is 5.32 Å². The number of amides is 2. The van der Waals surface area contributed by atoms with E-state index in [4.69, 9.17) is 34.8 Å². The zero-order chi connectivity index (χ0) is 23.3. The first kappa shape index (κ1) is 23.3. The van der Waals surface area contributed by atoms with Crippen LogP contribution in [-0.4, -0.2) is 38.9 Å². The van der Waals surface area contributed by atoms with Crippen LogP contribution in [0.25, 0.3) is 0 Å². The van der Waals surface area contributed by atoms with Crippen LogP contribution in [0.15, 0.2) is 42.9 Å². The average Bonchev–Trinajstić information content (AvgIpc) is 2.74. The maximum absolute atomic E-state index is 12.4. The van der Waals surface area contributed by atoms with Gasteiger partial charge in [-0.15, -0.1) is 0 Å². The molecule has 1 atom stereocenters. The van der Waals surface area contributed by atoms with Crippen LogP contribution in [0.3, 0.4) is 0 Å². The van der Waals surface area contributed by atoms with Crippen LogP contribution in [0.1, 0.15) is 26.3 Å². The number of carboxylic acids is 1. The Morgan fingerprint density at radius 2 is 1.75 bits per heavy atom. The van der Waals surface area contributed by atoms with Gasteiger partial charge in [0.25, 0.3) is 11.8 Å². The van der Waals surface area contributed by atoms with Crippen molar-refractivity contribution < 1.29 is 19.5 Å². The summed E-state index contributed by atoms with van der Waals surface area (Å²) in [6.45, 7) is 0. The van der Waals surface area contributed by atoms with Crippen LogP contribution >= 0.6 is 34.8 Å². The highest BCUT2D eigenvalue weighted by Gasteiger charge is 2.23. The van der Waals surface area contributed by atoms with E-state index in [-0.39, 0.29) is 38.4 Å². The number of halogens is 3. The number of hydrogen-bond donors (Lipinski definition) is 3. The number of rotatable bonds is 7. The molecule has 0 fully saturated rings. The molecule has 1 unspecified atom stereocenters. The van der Waals surface area contributed by atoms with E-state index in [1.54, 1.807) is 6.07 Å². The van der Waals surface area contributed by atoms with E-state index < -0.39 is 23.8 Å². The Labute approximate surface area is 197 Å². The van der Waals surface area contributed by atoms with Crippen LogP contribution in [-0.2, 0) is 11.2 Å². The Morgan fingerprint density at radius 1 is 1.03 bits per heavy atom. The van der Waals surface area contributed by atoms with Crippen molar-refractivity contribution in [1.82, 2.24) is 15.3 Å². The van der Waals surface area contributed by atoms with Crippen molar-refractivity contribution in [1.29, 1.82) is 0 Å². The van der Waals surface area contributed by atoms with Gasteiger partial charge in [0.15, 0.2) is 0 Å². The Bertz CT molecular complexity index is 1150. The minimum absolute atomic E-state index is 0.0384. The Balaban J connectivity index is 1.68. The van der Waals surface area contributed by atoms with Gasteiger partial charge in [0.05, 0.1) is 26.9 Å². The fourth-order valence-electron chi connectivity index (χ4n) is 2.63. The highest BCUT2D eigenvalue weighted by Crippen LogP contribution is 2.23. The number of pyridine rings is 2. The molecular weight excluding hydrogens is 479 g/mol. The number of aliphatic carboxylic acids is 1. The van der Waals surface area contributed by atoms with Gasteiger partial charge in [-0.05, 0) is 30.3 Å². The quantitative estimate of drug-likeness (QED) is 0.433. The number of hydrogen-bond acceptors (Lipinski definition) is 5. The Hall–Kier alpha value is -3.38. The molecular formula is C21H13Cl3N4O4. The first-order chi connectivity index (χ1) is 15.3. The summed E-state index contributed by atoms with van der Waals surface area (Å²) in [6, 6.07) is 10.2. The van der Waals surface area contributed by atoms with E-state index in [1.165, 1.54) is 36.8 Å². The summed E-state index contributed by atoms with van der Waals surface area (Å²) >= 11 is 17.8. The number of anilines is 1. The molecule has 8 nitrogen and oxygen atoms in total. The molecule has 0 radical (unpaired) electrons. The summed E-state index contributed by atoms with van der Waals surface area (Å²) in [4.78, 5) is 43.9. The maximum Gasteiger partial charge on any atom is 0.326 e. The lowest BCUT2D eigenvalue weighted by atomic mass is 10.1. The molecule has 2 amide bonds. The van der Waals surface area contributed by atoms with Crippen molar-refractivity contribution in [3.63, 3.8) is 0 Å². The zero-order valence-corrected chi connectivity index (χ0v) is 18.3. The number of aromatic nitrogens is 2. The number of carbonyl (C=O) groups is 3. The average molecular weight is 492 g/mol. The molecule has 0 aliphatic heterocycles. The van der Waals surface area contributed by atoms with Crippen LogP contribution < -0.4 is 10.6 Å². The largest absolute Gasteiger partial charge is 0.480 e. The van der Waals surface area contributed by atoms with E-state index in [9.17, 15) is 19.5 Å². The summed E-state index contributed by atoms with van der Waals surface area (Å²) < 4.78 is 0. The summed E-state index contributed by atoms with van der Waals surface area (Å²) in [5.74, 6) is -2.48. The van der Waals surface area contributed by atoms with E-state index in [0.717, 1.165) is 0 Å². The second-order valence-corrected chi connectivity index (χ2v) is 7.54. The van der Waals surface area contributed by atoms with E-state index >= 15 is 0 Å². The van der Waals surface area contributed by atoms with E-state index in [1.807, 2.05) is 0 Å². The highest BCUT2D eigenvalue weighted by molar-refractivity contribution is 6.40. The van der Waals surface area contributed by atoms with Crippen molar-refractivity contribution in [2.24, 2.45) is 0 Å². The lowest BCUT2D eigenvalue weighted by Crippen LogP contribution is -2.42. The van der Waals surface area contributed by atoms with Gasteiger partial charge in [-0.1, -0.05) is 40.9 Å². The smallest absolute Gasteiger partial charge is 0.326 e. The van der Waals surface area contributed by atoms with Gasteiger partial charge in [-0.2, -0.15) is 0 Å². The monoisotopic (exact) mass is 490 g/mol. The normalized spacial score (nSPS) is 11.2. The predicted molar refractivity (Wildman–Crippen MR) is 118 cm³/mol. The lowest BCUT2D eigenvalue weighted by Gasteiger charge is -2.14. The van der Waals surface area contributed by atoms with Gasteiger partial charge in [0.1, 0.15) is 11.2 Å². The minimum Gasteiger partial charge on any atom is -0.480 e. The SMILES string of the molecule is O=C(NC(Cc1c#cc(NC(=O)c2c(Cl)cncc2Cl)cc1)C(=O)O)c1cccnc1Cl. The summed E-state index contributed by atoms with van der Waals surface area (Å²) in [5, 5.41) is 14.6. The molecule has 3 aromatic rings. The fraction of sp³-hybridized carbons (Fsp3) is 0.0952. The second kappa shape index (κ2) is 10.3. The molecule has 3 N–H and O–H groups in total. The third-order valence-corrected chi connectivity index (χ3v) is 5.04. The molecule has 0 saturated heterocycles. The number of carboxylic acid groups (broad SMARTS) is 1. The van der Waals surface area contributed by atoms with Gasteiger partial charge < -0.3 is 15.7 Å². The molecule has 2 aromatic heterocycles. The van der Waals surface area contributed by atoms with Crippen molar-refractivity contribution in [2.45, 2.75) is 12.5 Å². The molecule has 0 aliphatic carbocycles. The molecule has 0 bridgehead atoms. The second-order valence-electron chi connectivity index (χ2n) is 6.36. The fourth-order valence-corrected chi connectivity index (χ4v) is 3.37. The molecule has 162 valence electrons. The van der Waals surface area contributed by atoms with Gasteiger partial charge in [-0.25, -0.2) is 9.78 Å². The molecule has 1 aromatic carbocycles. The van der Waals surface area contributed by atoms with Crippen LogP contribution in [0, 0.1) is 12.1 Å². The summed E-state index contributed by atoms with van der Waals surface area (Å²) in [6.07, 6.45) is 3.92. The third kappa shape index (κ3) is 5.65. The Kier molecular flexibility index (Phi) is 7.49. The first-order valence-electron chi connectivity index (χ1n) is 8.93. The minimum atomic E-state index is -1.25. The Morgan fingerprint density at radius 3 is 2.34 bits per heavy atom. The van der Waals surface area contributed by atoms with Gasteiger partial charge in [0.2, 0.25) is 0 Å². The number of nitrogens with one attached hydrogen (secondary N) is 2. The van der Waals surface area contributed by atoms with Crippen molar-refractivity contribution in [3.8, 4) is 0 Å². The van der Waals surface area contributed by atoms with E-state index in [2.05, 4.69) is 32.7 Å². The molecule has 3 rings (SSSR count). The van der Waals surface area contributed by atoms with Crippen LogP contribution in [0.4, 0.5) is 5.69 Å². The summed E-state index contributed by atoms with van der Waals surface area (Å²) in [5.41, 5.74) is 0.819. The standard InChI is InChI=1S/C21H13Cl3N4O4/c22-14-9-25-10-15(23)17(14)20(30)27-12-5-3-11(4-6-12)8-16(21(31)32)28-19(29)13-2-1-7-26-18(13)24/h1-3,5,7,9-10,16H,8H2,(H,27,30)(H,28,29)(H,31,32). The molecule has 0 aliphatic rings. The maximum atomic E-state index is 12.4.